The van der Waals surface area contributed by atoms with Gasteiger partial charge in [0, 0.05) is 6.08 Å². The molecule has 2 N–H and O–H groups in total. The minimum Gasteiger partial charge on any atom is -0.508 e. The maximum Gasteiger partial charge on any atom is 0.145 e. The van der Waals surface area contributed by atoms with E-state index in [1.54, 1.807) is 36.5 Å². The average molecular weight is 258 g/mol. The molecule has 0 spiro atoms. The highest BCUT2D eigenvalue weighted by Gasteiger charge is 2.17. The second-order valence-corrected chi connectivity index (χ2v) is 4.49. The molecule has 3 nitrogen and oxygen atoms in total. The fraction of sp³-hybridized carbons (Fsp3) is 0.250. The van der Waals surface area contributed by atoms with E-state index in [1.807, 2.05) is 13.0 Å². The molecule has 0 fully saturated rings. The Morgan fingerprint density at radius 3 is 2.68 bits per heavy atom. The Labute approximate surface area is 113 Å². The molecule has 0 aromatic heterocycles. The van der Waals surface area contributed by atoms with Gasteiger partial charge in [0.25, 0.3) is 0 Å². The molecule has 0 aromatic rings. The van der Waals surface area contributed by atoms with Crippen LogP contribution in [0.15, 0.2) is 71.8 Å². The molecular formula is C16H18O3. The topological polar surface area (TPSA) is 49.7 Å². The summed E-state index contributed by atoms with van der Waals surface area (Å²) in [6.45, 7) is 5.93. The van der Waals surface area contributed by atoms with Crippen LogP contribution >= 0.6 is 0 Å². The standard InChI is InChI=1S/C16H18O3/c1-3-12-5-7-13(17)8-9-15(12)19-16-10-14(18)6-4-11(16)2/h4-10,13,16-18H,2-3H2,1H3. The lowest BCUT2D eigenvalue weighted by molar-refractivity contribution is 0.188. The Balaban J connectivity index is 2.23. The van der Waals surface area contributed by atoms with Crippen molar-refractivity contribution in [3.63, 3.8) is 0 Å². The first-order valence-electron chi connectivity index (χ1n) is 6.32. The van der Waals surface area contributed by atoms with Crippen molar-refractivity contribution in [3.05, 3.63) is 71.8 Å². The van der Waals surface area contributed by atoms with Gasteiger partial charge in [-0.3, -0.25) is 0 Å². The fourth-order valence-electron chi connectivity index (χ4n) is 1.91. The van der Waals surface area contributed by atoms with Crippen LogP contribution in [0, 0.1) is 0 Å². The fourth-order valence-corrected chi connectivity index (χ4v) is 1.91. The Hall–Kier alpha value is -2.00. The highest BCUT2D eigenvalue weighted by molar-refractivity contribution is 5.38. The number of aliphatic hydroxyl groups is 2. The first-order chi connectivity index (χ1) is 9.10. The van der Waals surface area contributed by atoms with Gasteiger partial charge in [-0.25, -0.2) is 0 Å². The predicted molar refractivity (Wildman–Crippen MR) is 75.5 cm³/mol. The van der Waals surface area contributed by atoms with E-state index >= 15 is 0 Å². The Bertz CT molecular complexity index is 518. The van der Waals surface area contributed by atoms with Gasteiger partial charge in [0.15, 0.2) is 0 Å². The van der Waals surface area contributed by atoms with E-state index < -0.39 is 6.10 Å². The number of hydrogen-bond donors (Lipinski definition) is 2. The van der Waals surface area contributed by atoms with Crippen LogP contribution < -0.4 is 0 Å². The zero-order chi connectivity index (χ0) is 13.8. The van der Waals surface area contributed by atoms with E-state index in [1.165, 1.54) is 0 Å². The van der Waals surface area contributed by atoms with Crippen molar-refractivity contribution in [2.75, 3.05) is 0 Å². The van der Waals surface area contributed by atoms with Crippen molar-refractivity contribution in [3.8, 4) is 0 Å². The van der Waals surface area contributed by atoms with Gasteiger partial charge in [-0.2, -0.15) is 0 Å². The molecule has 2 atom stereocenters. The van der Waals surface area contributed by atoms with Gasteiger partial charge in [0.1, 0.15) is 17.6 Å². The second kappa shape index (κ2) is 5.76. The minimum atomic E-state index is -0.596. The van der Waals surface area contributed by atoms with Crippen molar-refractivity contribution in [1.29, 1.82) is 0 Å². The average Bonchev–Trinajstić information content (AvgIpc) is 2.56. The highest BCUT2D eigenvalue weighted by atomic mass is 16.5. The normalized spacial score (nSPS) is 26.4. The third-order valence-corrected chi connectivity index (χ3v) is 3.05. The first-order valence-corrected chi connectivity index (χ1v) is 6.32. The van der Waals surface area contributed by atoms with Crippen molar-refractivity contribution in [2.24, 2.45) is 0 Å². The van der Waals surface area contributed by atoms with Crippen LogP contribution in [0.25, 0.3) is 0 Å². The van der Waals surface area contributed by atoms with Crippen LogP contribution in [-0.2, 0) is 4.74 Å². The van der Waals surface area contributed by atoms with E-state index in [2.05, 4.69) is 6.58 Å². The monoisotopic (exact) mass is 258 g/mol. The Morgan fingerprint density at radius 1 is 1.21 bits per heavy atom. The summed E-state index contributed by atoms with van der Waals surface area (Å²) in [6.07, 6.45) is 11.8. The highest BCUT2D eigenvalue weighted by Crippen LogP contribution is 2.24. The quantitative estimate of drug-likeness (QED) is 0.817. The maximum atomic E-state index is 9.58. The minimum absolute atomic E-state index is 0.171. The number of rotatable bonds is 3. The summed E-state index contributed by atoms with van der Waals surface area (Å²) in [4.78, 5) is 0. The third kappa shape index (κ3) is 3.26. The van der Waals surface area contributed by atoms with Gasteiger partial charge in [-0.15, -0.1) is 0 Å². The van der Waals surface area contributed by atoms with Gasteiger partial charge in [-0.05, 0) is 35.8 Å². The van der Waals surface area contributed by atoms with Crippen LogP contribution in [0.1, 0.15) is 13.3 Å². The Kier molecular flexibility index (Phi) is 4.07. The number of ether oxygens (including phenoxy) is 1. The lowest BCUT2D eigenvalue weighted by Gasteiger charge is -2.21. The van der Waals surface area contributed by atoms with E-state index in [-0.39, 0.29) is 11.9 Å². The smallest absolute Gasteiger partial charge is 0.145 e. The molecule has 100 valence electrons. The van der Waals surface area contributed by atoms with Gasteiger partial charge >= 0.3 is 0 Å². The summed E-state index contributed by atoms with van der Waals surface area (Å²) in [5.74, 6) is 0.866. The van der Waals surface area contributed by atoms with Crippen LogP contribution in [0.3, 0.4) is 0 Å². The van der Waals surface area contributed by atoms with Crippen molar-refractivity contribution >= 4 is 0 Å². The van der Waals surface area contributed by atoms with Crippen molar-refractivity contribution < 1.29 is 14.9 Å². The lowest BCUT2D eigenvalue weighted by atomic mass is 10.1. The summed E-state index contributed by atoms with van der Waals surface area (Å²) in [5, 5.41) is 19.1. The van der Waals surface area contributed by atoms with Gasteiger partial charge in [-0.1, -0.05) is 31.7 Å². The van der Waals surface area contributed by atoms with Crippen LogP contribution in [0.4, 0.5) is 0 Å². The number of hydrogen-bond acceptors (Lipinski definition) is 3. The van der Waals surface area contributed by atoms with Crippen molar-refractivity contribution in [1.82, 2.24) is 0 Å². The van der Waals surface area contributed by atoms with E-state index in [0.29, 0.717) is 5.76 Å². The molecule has 0 heterocycles. The molecule has 0 bridgehead atoms. The van der Waals surface area contributed by atoms with Crippen LogP contribution in [-0.4, -0.2) is 22.4 Å². The molecule has 2 aliphatic carbocycles. The van der Waals surface area contributed by atoms with E-state index in [0.717, 1.165) is 17.6 Å². The van der Waals surface area contributed by atoms with Gasteiger partial charge in [0.05, 0.1) is 6.10 Å². The molecule has 19 heavy (non-hydrogen) atoms. The molecule has 3 heteroatoms. The summed E-state index contributed by atoms with van der Waals surface area (Å²) in [5.41, 5.74) is 1.78. The predicted octanol–water partition coefficient (Wildman–Crippen LogP) is 3.09. The number of aliphatic hydroxyl groups excluding tert-OH is 2. The van der Waals surface area contributed by atoms with Gasteiger partial charge in [0.2, 0.25) is 0 Å². The molecule has 2 rings (SSSR count). The molecule has 2 unspecified atom stereocenters. The molecule has 0 amide bonds. The molecule has 0 radical (unpaired) electrons. The molecule has 0 aliphatic heterocycles. The zero-order valence-electron chi connectivity index (χ0n) is 10.9. The first kappa shape index (κ1) is 13.4. The van der Waals surface area contributed by atoms with Gasteiger partial charge < -0.3 is 14.9 Å². The number of allylic oxidation sites excluding steroid dienone is 4. The summed E-state index contributed by atoms with van der Waals surface area (Å²) in [7, 11) is 0. The van der Waals surface area contributed by atoms with Crippen molar-refractivity contribution in [2.45, 2.75) is 25.6 Å². The van der Waals surface area contributed by atoms with Crippen LogP contribution in [0.2, 0.25) is 0 Å². The summed E-state index contributed by atoms with van der Waals surface area (Å²) >= 11 is 0. The maximum absolute atomic E-state index is 9.58. The molecule has 0 aromatic carbocycles. The van der Waals surface area contributed by atoms with E-state index in [9.17, 15) is 10.2 Å². The molecule has 0 saturated heterocycles. The third-order valence-electron chi connectivity index (χ3n) is 3.05. The SMILES string of the molecule is C=C1C=CC(O)=CC1OC1=C(CC)C=CC(O)C=C1. The zero-order valence-corrected chi connectivity index (χ0v) is 10.9. The Morgan fingerprint density at radius 2 is 1.95 bits per heavy atom. The second-order valence-electron chi connectivity index (χ2n) is 4.49. The van der Waals surface area contributed by atoms with Crippen LogP contribution in [0.5, 0.6) is 0 Å². The lowest BCUT2D eigenvalue weighted by Crippen LogP contribution is -2.14. The summed E-state index contributed by atoms with van der Waals surface area (Å²) in [6, 6.07) is 0. The largest absolute Gasteiger partial charge is 0.508 e. The molecular weight excluding hydrogens is 240 g/mol. The molecule has 2 aliphatic rings. The van der Waals surface area contributed by atoms with E-state index in [4.69, 9.17) is 4.74 Å². The molecule has 0 saturated carbocycles. The summed E-state index contributed by atoms with van der Waals surface area (Å²) < 4.78 is 5.89.